The minimum absolute atomic E-state index is 0.00140. The lowest BCUT2D eigenvalue weighted by molar-refractivity contribution is -0.122. The molecule has 29 heavy (non-hydrogen) atoms. The molecule has 4 rings (SSSR count). The van der Waals surface area contributed by atoms with Gasteiger partial charge in [0, 0.05) is 43.5 Å². The third-order valence-corrected chi connectivity index (χ3v) is 5.57. The van der Waals surface area contributed by atoms with Gasteiger partial charge in [-0.3, -0.25) is 14.4 Å². The van der Waals surface area contributed by atoms with Crippen molar-refractivity contribution in [1.29, 1.82) is 0 Å². The molecule has 0 unspecified atom stereocenters. The van der Waals surface area contributed by atoms with E-state index >= 15 is 0 Å². The van der Waals surface area contributed by atoms with Gasteiger partial charge in [-0.1, -0.05) is 0 Å². The molecule has 0 saturated carbocycles. The number of halogens is 1. The highest BCUT2D eigenvalue weighted by Crippen LogP contribution is 2.34. The van der Waals surface area contributed by atoms with Crippen LogP contribution < -0.4 is 15.1 Å². The smallest absolute Gasteiger partial charge is 0.229 e. The van der Waals surface area contributed by atoms with Crippen LogP contribution in [0.4, 0.5) is 21.5 Å². The monoisotopic (exact) mass is 395 g/mol. The number of anilines is 3. The predicted octanol–water partition coefficient (Wildman–Crippen LogP) is 3.03. The quantitative estimate of drug-likeness (QED) is 0.869. The molecule has 2 aliphatic rings. The molecule has 1 fully saturated rings. The van der Waals surface area contributed by atoms with E-state index < -0.39 is 5.92 Å². The molecule has 0 bridgehead atoms. The number of aryl methyl sites for hydroxylation is 1. The zero-order valence-electron chi connectivity index (χ0n) is 16.4. The van der Waals surface area contributed by atoms with Crippen LogP contribution in [0.5, 0.6) is 0 Å². The van der Waals surface area contributed by atoms with Gasteiger partial charge in [-0.25, -0.2) is 4.39 Å². The molecule has 2 heterocycles. The normalized spacial score (nSPS) is 18.2. The molecular formula is C22H22FN3O3. The van der Waals surface area contributed by atoms with Crippen molar-refractivity contribution in [1.82, 2.24) is 0 Å². The van der Waals surface area contributed by atoms with Crippen molar-refractivity contribution >= 4 is 34.8 Å². The summed E-state index contributed by atoms with van der Waals surface area (Å²) in [5, 5.41) is 2.78. The van der Waals surface area contributed by atoms with Gasteiger partial charge in [0.1, 0.15) is 5.82 Å². The summed E-state index contributed by atoms with van der Waals surface area (Å²) >= 11 is 0. The molecule has 6 nitrogen and oxygen atoms in total. The lowest BCUT2D eigenvalue weighted by Gasteiger charge is -2.19. The zero-order valence-corrected chi connectivity index (χ0v) is 16.4. The maximum absolute atomic E-state index is 13.4. The predicted molar refractivity (Wildman–Crippen MR) is 108 cm³/mol. The minimum Gasteiger partial charge on any atom is -0.326 e. The van der Waals surface area contributed by atoms with E-state index in [1.165, 1.54) is 12.1 Å². The van der Waals surface area contributed by atoms with E-state index in [1.54, 1.807) is 29.7 Å². The van der Waals surface area contributed by atoms with Gasteiger partial charge in [0.2, 0.25) is 17.7 Å². The van der Waals surface area contributed by atoms with E-state index in [9.17, 15) is 18.8 Å². The van der Waals surface area contributed by atoms with Crippen LogP contribution in [0.15, 0.2) is 36.4 Å². The summed E-state index contributed by atoms with van der Waals surface area (Å²) in [5.74, 6) is -1.17. The molecule has 0 aliphatic carbocycles. The topological polar surface area (TPSA) is 69.7 Å². The molecule has 0 aromatic heterocycles. The maximum Gasteiger partial charge on any atom is 0.229 e. The van der Waals surface area contributed by atoms with Crippen LogP contribution in [0.2, 0.25) is 0 Å². The first-order chi connectivity index (χ1) is 13.8. The second-order valence-corrected chi connectivity index (χ2v) is 7.59. The number of nitrogens with one attached hydrogen (secondary N) is 1. The Bertz CT molecular complexity index is 1020. The van der Waals surface area contributed by atoms with Gasteiger partial charge < -0.3 is 15.1 Å². The average Bonchev–Trinajstić information content (AvgIpc) is 3.27. The van der Waals surface area contributed by atoms with Crippen molar-refractivity contribution in [2.24, 2.45) is 5.92 Å². The number of nitrogens with zero attached hydrogens (tertiary/aromatic N) is 2. The Hall–Kier alpha value is -3.22. The summed E-state index contributed by atoms with van der Waals surface area (Å²) in [6, 6.07) is 10.0. The van der Waals surface area contributed by atoms with Crippen LogP contribution in [-0.4, -0.2) is 30.8 Å². The maximum atomic E-state index is 13.4. The highest BCUT2D eigenvalue weighted by atomic mass is 19.1. The Morgan fingerprint density at radius 2 is 1.97 bits per heavy atom. The van der Waals surface area contributed by atoms with Gasteiger partial charge in [0.05, 0.1) is 5.92 Å². The van der Waals surface area contributed by atoms with Crippen LogP contribution in [0.25, 0.3) is 0 Å². The highest BCUT2D eigenvalue weighted by molar-refractivity contribution is 6.04. The molecule has 2 aromatic rings. The van der Waals surface area contributed by atoms with Crippen molar-refractivity contribution in [2.45, 2.75) is 26.7 Å². The summed E-state index contributed by atoms with van der Waals surface area (Å²) in [6.07, 6.45) is 0.876. The molecule has 150 valence electrons. The van der Waals surface area contributed by atoms with Crippen molar-refractivity contribution in [2.75, 3.05) is 28.2 Å². The molecule has 1 atom stereocenters. The molecule has 0 spiro atoms. The van der Waals surface area contributed by atoms with Gasteiger partial charge in [-0.05, 0) is 60.9 Å². The fraction of sp³-hybridized carbons (Fsp3) is 0.318. The Morgan fingerprint density at radius 3 is 2.69 bits per heavy atom. The van der Waals surface area contributed by atoms with E-state index in [4.69, 9.17) is 0 Å². The van der Waals surface area contributed by atoms with Crippen LogP contribution in [0, 0.1) is 18.7 Å². The summed E-state index contributed by atoms with van der Waals surface area (Å²) in [6.45, 7) is 4.11. The molecule has 3 amide bonds. The largest absolute Gasteiger partial charge is 0.326 e. The molecule has 1 N–H and O–H groups in total. The van der Waals surface area contributed by atoms with Crippen LogP contribution >= 0.6 is 0 Å². The zero-order chi connectivity index (χ0) is 20.7. The van der Waals surface area contributed by atoms with Crippen LogP contribution in [-0.2, 0) is 20.8 Å². The number of rotatable bonds is 3. The SMILES string of the molecule is CC(=O)N1CCc2cc(N3C[C@H](C(=O)Nc4ccc(F)c(C)c4)CC3=O)ccc21. The van der Waals surface area contributed by atoms with Crippen molar-refractivity contribution in [3.63, 3.8) is 0 Å². The summed E-state index contributed by atoms with van der Waals surface area (Å²) in [4.78, 5) is 40.2. The Labute approximate surface area is 168 Å². The number of benzene rings is 2. The van der Waals surface area contributed by atoms with Gasteiger partial charge in [0.15, 0.2) is 0 Å². The van der Waals surface area contributed by atoms with E-state index in [0.29, 0.717) is 24.3 Å². The Morgan fingerprint density at radius 1 is 1.17 bits per heavy atom. The van der Waals surface area contributed by atoms with Crippen molar-refractivity contribution in [3.05, 3.63) is 53.3 Å². The van der Waals surface area contributed by atoms with E-state index in [1.807, 2.05) is 18.2 Å². The highest BCUT2D eigenvalue weighted by Gasteiger charge is 2.36. The number of hydrogen-bond donors (Lipinski definition) is 1. The van der Waals surface area contributed by atoms with Crippen molar-refractivity contribution in [3.8, 4) is 0 Å². The fourth-order valence-electron chi connectivity index (χ4n) is 3.98. The summed E-state index contributed by atoms with van der Waals surface area (Å²) in [7, 11) is 0. The Balaban J connectivity index is 1.47. The minimum atomic E-state index is -0.477. The first-order valence-electron chi connectivity index (χ1n) is 9.62. The molecule has 1 saturated heterocycles. The lowest BCUT2D eigenvalue weighted by Crippen LogP contribution is -2.28. The standard InChI is InChI=1S/C22H22FN3O3/c1-13-9-17(3-5-19(13)23)24-22(29)16-11-21(28)26(12-16)18-4-6-20-15(10-18)7-8-25(20)14(2)27/h3-6,9-10,16H,7-8,11-12H2,1-2H3,(H,24,29)/t16-/m1/s1. The van der Waals surface area contributed by atoms with Crippen LogP contribution in [0.1, 0.15) is 24.5 Å². The molecule has 7 heteroatoms. The summed E-state index contributed by atoms with van der Waals surface area (Å²) < 4.78 is 13.4. The number of carbonyl (C=O) groups is 3. The summed E-state index contributed by atoms with van der Waals surface area (Å²) in [5.41, 5.74) is 3.62. The molecular weight excluding hydrogens is 373 g/mol. The Kier molecular flexibility index (Phi) is 4.82. The van der Waals surface area contributed by atoms with Crippen molar-refractivity contribution < 1.29 is 18.8 Å². The van der Waals surface area contributed by atoms with Gasteiger partial charge in [-0.15, -0.1) is 0 Å². The molecule has 0 radical (unpaired) electrons. The number of hydrogen-bond acceptors (Lipinski definition) is 3. The van der Waals surface area contributed by atoms with Gasteiger partial charge in [-0.2, -0.15) is 0 Å². The first-order valence-corrected chi connectivity index (χ1v) is 9.62. The van der Waals surface area contributed by atoms with Gasteiger partial charge in [0.25, 0.3) is 0 Å². The first kappa shape index (κ1) is 19.1. The van der Waals surface area contributed by atoms with E-state index in [2.05, 4.69) is 5.32 Å². The number of amides is 3. The number of fused-ring (bicyclic) bond motifs is 1. The third-order valence-electron chi connectivity index (χ3n) is 5.57. The van der Waals surface area contributed by atoms with Crippen LogP contribution in [0.3, 0.4) is 0 Å². The van der Waals surface area contributed by atoms with Gasteiger partial charge >= 0.3 is 0 Å². The average molecular weight is 395 g/mol. The fourth-order valence-corrected chi connectivity index (χ4v) is 3.98. The second kappa shape index (κ2) is 7.31. The third kappa shape index (κ3) is 3.60. The lowest BCUT2D eigenvalue weighted by atomic mass is 10.1. The number of carbonyl (C=O) groups excluding carboxylic acids is 3. The molecule has 2 aromatic carbocycles. The van der Waals surface area contributed by atoms with E-state index in [-0.39, 0.29) is 30.0 Å². The second-order valence-electron chi connectivity index (χ2n) is 7.59. The van der Waals surface area contributed by atoms with E-state index in [0.717, 1.165) is 23.4 Å². The molecule has 2 aliphatic heterocycles.